The van der Waals surface area contributed by atoms with Gasteiger partial charge in [-0.15, -0.1) is 0 Å². The van der Waals surface area contributed by atoms with Crippen molar-refractivity contribution in [3.63, 3.8) is 0 Å². The highest BCUT2D eigenvalue weighted by molar-refractivity contribution is 7.99. The number of ether oxygens (including phenoxy) is 1. The zero-order chi connectivity index (χ0) is 22.5. The predicted molar refractivity (Wildman–Crippen MR) is 117 cm³/mol. The lowest BCUT2D eigenvalue weighted by atomic mass is 10.2. The Labute approximate surface area is 181 Å². The molecule has 0 radical (unpaired) electrons. The molecule has 2 rings (SSSR count). The summed E-state index contributed by atoms with van der Waals surface area (Å²) in [7, 11) is 1.72. The molecule has 0 aliphatic rings. The highest BCUT2D eigenvalue weighted by Gasteiger charge is 2.21. The smallest absolute Gasteiger partial charge is 0.410 e. The SMILES string of the molecule is CCc1nn(CCN(C)C(=O)OC(C)(C)C)c(CC)c1Sc1ccc([N+](=O)[O-])cc1. The van der Waals surface area contributed by atoms with E-state index in [4.69, 9.17) is 9.84 Å². The van der Waals surface area contributed by atoms with E-state index in [0.29, 0.717) is 13.1 Å². The van der Waals surface area contributed by atoms with Gasteiger partial charge in [-0.3, -0.25) is 14.8 Å². The summed E-state index contributed by atoms with van der Waals surface area (Å²) in [5.74, 6) is 0. The van der Waals surface area contributed by atoms with Gasteiger partial charge in [0.25, 0.3) is 5.69 Å². The van der Waals surface area contributed by atoms with Gasteiger partial charge in [0.2, 0.25) is 0 Å². The van der Waals surface area contributed by atoms with E-state index in [1.165, 1.54) is 12.1 Å². The van der Waals surface area contributed by atoms with Gasteiger partial charge in [0.1, 0.15) is 5.60 Å². The average molecular weight is 435 g/mol. The molecule has 1 aromatic heterocycles. The van der Waals surface area contributed by atoms with E-state index >= 15 is 0 Å². The second kappa shape index (κ2) is 9.97. The van der Waals surface area contributed by atoms with E-state index in [1.807, 2.05) is 25.5 Å². The fourth-order valence-corrected chi connectivity index (χ4v) is 4.02. The van der Waals surface area contributed by atoms with Crippen LogP contribution in [0.25, 0.3) is 0 Å². The van der Waals surface area contributed by atoms with E-state index in [1.54, 1.807) is 35.8 Å². The average Bonchev–Trinajstić information content (AvgIpc) is 3.01. The number of amides is 1. The number of nitro groups is 1. The number of aromatic nitrogens is 2. The summed E-state index contributed by atoms with van der Waals surface area (Å²) in [6.07, 6.45) is 1.21. The Kier molecular flexibility index (Phi) is 7.89. The molecule has 0 spiro atoms. The summed E-state index contributed by atoms with van der Waals surface area (Å²) >= 11 is 1.57. The highest BCUT2D eigenvalue weighted by atomic mass is 32.2. The fraction of sp³-hybridized carbons (Fsp3) is 0.524. The van der Waals surface area contributed by atoms with Crippen LogP contribution in [0.4, 0.5) is 10.5 Å². The number of aryl methyl sites for hydroxylation is 1. The largest absolute Gasteiger partial charge is 0.444 e. The number of nitrogens with zero attached hydrogens (tertiary/aromatic N) is 4. The molecule has 1 aromatic carbocycles. The van der Waals surface area contributed by atoms with Gasteiger partial charge in [-0.2, -0.15) is 5.10 Å². The Morgan fingerprint density at radius 1 is 1.23 bits per heavy atom. The molecule has 0 saturated carbocycles. The van der Waals surface area contributed by atoms with Crippen molar-refractivity contribution in [1.29, 1.82) is 0 Å². The van der Waals surface area contributed by atoms with Crippen LogP contribution in [0.15, 0.2) is 34.1 Å². The standard InChI is InChI=1S/C21H30N4O4S/c1-7-17-19(30-16-11-9-15(10-12-16)25(27)28)18(8-2)24(22-17)14-13-23(6)20(26)29-21(3,4)5/h9-12H,7-8,13-14H2,1-6H3. The van der Waals surface area contributed by atoms with Crippen LogP contribution in [0, 0.1) is 10.1 Å². The van der Waals surface area contributed by atoms with Crippen molar-refractivity contribution >= 4 is 23.5 Å². The molecule has 164 valence electrons. The first-order chi connectivity index (χ1) is 14.1. The second-order valence-corrected chi connectivity index (χ2v) is 8.99. The number of nitro benzene ring substituents is 1. The van der Waals surface area contributed by atoms with Crippen LogP contribution in [-0.2, 0) is 24.1 Å². The van der Waals surface area contributed by atoms with Crippen molar-refractivity contribution in [3.8, 4) is 0 Å². The van der Waals surface area contributed by atoms with Crippen LogP contribution < -0.4 is 0 Å². The zero-order valence-electron chi connectivity index (χ0n) is 18.5. The van der Waals surface area contributed by atoms with E-state index in [0.717, 1.165) is 34.0 Å². The quantitative estimate of drug-likeness (QED) is 0.432. The lowest BCUT2D eigenvalue weighted by Gasteiger charge is -2.24. The Hall–Kier alpha value is -2.55. The van der Waals surface area contributed by atoms with Crippen LogP contribution in [0.2, 0.25) is 0 Å². The minimum atomic E-state index is -0.532. The summed E-state index contributed by atoms with van der Waals surface area (Å²) in [6, 6.07) is 6.55. The topological polar surface area (TPSA) is 90.5 Å². The van der Waals surface area contributed by atoms with Crippen molar-refractivity contribution in [2.75, 3.05) is 13.6 Å². The van der Waals surface area contributed by atoms with Gasteiger partial charge >= 0.3 is 6.09 Å². The number of carbonyl (C=O) groups excluding carboxylic acids is 1. The minimum Gasteiger partial charge on any atom is -0.444 e. The predicted octanol–water partition coefficient (Wildman–Crippen LogP) is 4.93. The lowest BCUT2D eigenvalue weighted by Crippen LogP contribution is -2.36. The number of hydrogen-bond acceptors (Lipinski definition) is 6. The number of benzene rings is 1. The number of hydrogen-bond donors (Lipinski definition) is 0. The van der Waals surface area contributed by atoms with E-state index in [2.05, 4.69) is 13.8 Å². The summed E-state index contributed by atoms with van der Waals surface area (Å²) < 4.78 is 7.36. The third kappa shape index (κ3) is 6.22. The van der Waals surface area contributed by atoms with Gasteiger partial charge in [-0.1, -0.05) is 25.6 Å². The third-order valence-corrected chi connectivity index (χ3v) is 5.55. The minimum absolute atomic E-state index is 0.0756. The normalized spacial score (nSPS) is 11.4. The third-order valence-electron chi connectivity index (χ3n) is 4.37. The highest BCUT2D eigenvalue weighted by Crippen LogP contribution is 2.35. The van der Waals surface area contributed by atoms with Crippen molar-refractivity contribution in [2.24, 2.45) is 0 Å². The molecule has 0 unspecified atom stereocenters. The molecule has 2 aromatic rings. The maximum Gasteiger partial charge on any atom is 0.410 e. The first kappa shape index (κ1) is 23.7. The first-order valence-corrected chi connectivity index (χ1v) is 10.8. The number of likely N-dealkylation sites (N-methyl/N-ethyl adjacent to an activating group) is 1. The maximum atomic E-state index is 12.2. The van der Waals surface area contributed by atoms with Crippen LogP contribution in [0.1, 0.15) is 46.0 Å². The first-order valence-electron chi connectivity index (χ1n) is 10.0. The van der Waals surface area contributed by atoms with Crippen LogP contribution in [0.5, 0.6) is 0 Å². The second-order valence-electron chi connectivity index (χ2n) is 7.91. The van der Waals surface area contributed by atoms with Crippen molar-refractivity contribution in [1.82, 2.24) is 14.7 Å². The van der Waals surface area contributed by atoms with Gasteiger partial charge in [0.05, 0.1) is 27.8 Å². The fourth-order valence-electron chi connectivity index (χ4n) is 2.84. The molecule has 1 heterocycles. The van der Waals surface area contributed by atoms with Crippen LogP contribution in [0.3, 0.4) is 0 Å². The Morgan fingerprint density at radius 2 is 1.87 bits per heavy atom. The molecule has 0 N–H and O–H groups in total. The number of carbonyl (C=O) groups is 1. The molecule has 0 fully saturated rings. The molecular weight excluding hydrogens is 404 g/mol. The monoisotopic (exact) mass is 434 g/mol. The zero-order valence-corrected chi connectivity index (χ0v) is 19.3. The molecule has 0 atom stereocenters. The number of rotatable bonds is 8. The van der Waals surface area contributed by atoms with Crippen LogP contribution in [-0.4, -0.2) is 44.9 Å². The maximum absolute atomic E-state index is 12.2. The van der Waals surface area contributed by atoms with Gasteiger partial charge in [0, 0.05) is 30.6 Å². The van der Waals surface area contributed by atoms with E-state index in [-0.39, 0.29) is 11.8 Å². The molecule has 0 saturated heterocycles. The van der Waals surface area contributed by atoms with Gasteiger partial charge < -0.3 is 9.64 Å². The Balaban J connectivity index is 2.17. The number of non-ortho nitro benzene ring substituents is 1. The Bertz CT molecular complexity index is 888. The Morgan fingerprint density at radius 3 is 2.37 bits per heavy atom. The molecule has 0 aliphatic heterocycles. The van der Waals surface area contributed by atoms with Crippen molar-refractivity contribution < 1.29 is 14.5 Å². The molecular formula is C21H30N4O4S. The molecule has 1 amide bonds. The van der Waals surface area contributed by atoms with Gasteiger partial charge in [0.15, 0.2) is 0 Å². The molecule has 30 heavy (non-hydrogen) atoms. The van der Waals surface area contributed by atoms with Crippen LogP contribution >= 0.6 is 11.8 Å². The molecule has 8 nitrogen and oxygen atoms in total. The molecule has 0 aliphatic carbocycles. The van der Waals surface area contributed by atoms with Gasteiger partial charge in [-0.05, 0) is 45.7 Å². The van der Waals surface area contributed by atoms with Crippen molar-refractivity contribution in [3.05, 3.63) is 45.8 Å². The lowest BCUT2D eigenvalue weighted by molar-refractivity contribution is -0.384. The summed E-state index contributed by atoms with van der Waals surface area (Å²) in [6.45, 7) is 10.7. The van der Waals surface area contributed by atoms with E-state index < -0.39 is 10.5 Å². The molecule has 0 bridgehead atoms. The summed E-state index contributed by atoms with van der Waals surface area (Å²) in [5, 5.41) is 15.6. The van der Waals surface area contributed by atoms with Crippen molar-refractivity contribution in [2.45, 2.75) is 69.4 Å². The van der Waals surface area contributed by atoms with E-state index in [9.17, 15) is 14.9 Å². The summed E-state index contributed by atoms with van der Waals surface area (Å²) in [4.78, 5) is 26.2. The molecule has 9 heteroatoms. The van der Waals surface area contributed by atoms with Gasteiger partial charge in [-0.25, -0.2) is 4.79 Å². The summed E-state index contributed by atoms with van der Waals surface area (Å²) in [5.41, 5.74) is 1.62.